The fraction of sp³-hybridized carbons (Fsp3) is 0.188. The lowest BCUT2D eigenvalue weighted by molar-refractivity contribution is -0.113. The van der Waals surface area contributed by atoms with Gasteiger partial charge in [0.05, 0.1) is 22.1 Å². The molecule has 1 N–H and O–H groups in total. The summed E-state index contributed by atoms with van der Waals surface area (Å²) in [5, 5.41) is 7.64. The number of amides is 1. The summed E-state index contributed by atoms with van der Waals surface area (Å²) in [5.41, 5.74) is 3.06. The molecule has 0 aliphatic carbocycles. The minimum Gasteiger partial charge on any atom is -0.327 e. The lowest BCUT2D eigenvalue weighted by Gasteiger charge is -2.16. The molecule has 0 radical (unpaired) electrons. The second-order valence-electron chi connectivity index (χ2n) is 5.11. The second-order valence-corrected chi connectivity index (χ2v) is 6.35. The maximum atomic E-state index is 12.8. The number of benzene rings is 1. The number of hydrogen-bond donors (Lipinski definition) is 1. The number of halogens is 1. The van der Waals surface area contributed by atoms with Crippen LogP contribution in [0.1, 0.15) is 18.2 Å². The number of aromatic nitrogens is 2. The molecular weight excluding hydrogens is 376 g/mol. The number of rotatable bonds is 3. The van der Waals surface area contributed by atoms with E-state index in [1.807, 2.05) is 42.8 Å². The van der Waals surface area contributed by atoms with E-state index in [4.69, 9.17) is 12.2 Å². The monoisotopic (exact) mass is 390 g/mol. The topological polar surface area (TPSA) is 50.2 Å². The highest BCUT2D eigenvalue weighted by Gasteiger charge is 2.33. The van der Waals surface area contributed by atoms with Crippen LogP contribution in [0.4, 0.5) is 5.69 Å². The molecule has 1 fully saturated rings. The zero-order chi connectivity index (χ0) is 16.6. The van der Waals surface area contributed by atoms with Gasteiger partial charge in [-0.15, -0.1) is 0 Å². The van der Waals surface area contributed by atoms with Crippen LogP contribution in [-0.2, 0) is 11.3 Å². The van der Waals surface area contributed by atoms with Crippen molar-refractivity contribution in [2.75, 3.05) is 4.90 Å². The summed E-state index contributed by atoms with van der Waals surface area (Å²) >= 11 is 8.80. The van der Waals surface area contributed by atoms with E-state index in [0.29, 0.717) is 17.4 Å². The van der Waals surface area contributed by atoms with E-state index in [9.17, 15) is 4.79 Å². The van der Waals surface area contributed by atoms with Crippen LogP contribution in [0.3, 0.4) is 0 Å². The van der Waals surface area contributed by atoms with Gasteiger partial charge in [0.2, 0.25) is 0 Å². The fourth-order valence-electron chi connectivity index (χ4n) is 2.47. The molecule has 2 heterocycles. The normalized spacial score (nSPS) is 16.3. The molecule has 0 unspecified atom stereocenters. The molecule has 0 spiro atoms. The second kappa shape index (κ2) is 6.25. The van der Waals surface area contributed by atoms with E-state index in [1.165, 1.54) is 4.90 Å². The Hall–Kier alpha value is -1.99. The highest BCUT2D eigenvalue weighted by atomic mass is 79.9. The molecular formula is C16H15BrN4OS. The smallest absolute Gasteiger partial charge is 0.281 e. The van der Waals surface area contributed by atoms with Crippen molar-refractivity contribution in [1.29, 1.82) is 0 Å². The number of thiocarbonyl (C=S) groups is 1. The van der Waals surface area contributed by atoms with Crippen molar-refractivity contribution in [1.82, 2.24) is 15.1 Å². The molecule has 1 aromatic carbocycles. The first kappa shape index (κ1) is 15.9. The average Bonchev–Trinajstić information content (AvgIpc) is 3.01. The fourth-order valence-corrected chi connectivity index (χ4v) is 3.17. The largest absolute Gasteiger partial charge is 0.327 e. The number of carbonyl (C=O) groups excluding carboxylic acids is 1. The van der Waals surface area contributed by atoms with Gasteiger partial charge >= 0.3 is 0 Å². The Labute approximate surface area is 148 Å². The molecule has 1 saturated heterocycles. The maximum Gasteiger partial charge on any atom is 0.281 e. The van der Waals surface area contributed by atoms with E-state index in [2.05, 4.69) is 26.3 Å². The predicted molar refractivity (Wildman–Crippen MR) is 98.0 cm³/mol. The molecule has 5 nitrogen and oxygen atoms in total. The number of nitrogens with one attached hydrogen (secondary N) is 1. The van der Waals surface area contributed by atoms with Crippen molar-refractivity contribution in [2.24, 2.45) is 0 Å². The highest BCUT2D eigenvalue weighted by Crippen LogP contribution is 2.26. The third-order valence-corrected chi connectivity index (χ3v) is 4.54. The Morgan fingerprint density at radius 1 is 1.39 bits per heavy atom. The van der Waals surface area contributed by atoms with Crippen LogP contribution in [0.2, 0.25) is 0 Å². The van der Waals surface area contributed by atoms with Gasteiger partial charge in [0.15, 0.2) is 5.11 Å². The zero-order valence-electron chi connectivity index (χ0n) is 12.7. The van der Waals surface area contributed by atoms with Crippen LogP contribution < -0.4 is 10.2 Å². The number of hydrogen-bond acceptors (Lipinski definition) is 3. The van der Waals surface area contributed by atoms with E-state index in [-0.39, 0.29) is 5.91 Å². The summed E-state index contributed by atoms with van der Waals surface area (Å²) in [6, 6.07) is 7.66. The average molecular weight is 391 g/mol. The van der Waals surface area contributed by atoms with Gasteiger partial charge in [0.25, 0.3) is 5.91 Å². The van der Waals surface area contributed by atoms with Crippen LogP contribution in [0.15, 0.2) is 40.6 Å². The van der Waals surface area contributed by atoms with Crippen LogP contribution in [-0.4, -0.2) is 20.8 Å². The lowest BCUT2D eigenvalue weighted by atomic mass is 10.2. The van der Waals surface area contributed by atoms with Gasteiger partial charge in [-0.05, 0) is 59.7 Å². The molecule has 1 aromatic heterocycles. The summed E-state index contributed by atoms with van der Waals surface area (Å²) in [4.78, 5) is 14.3. The zero-order valence-corrected chi connectivity index (χ0v) is 15.1. The van der Waals surface area contributed by atoms with E-state index >= 15 is 0 Å². The van der Waals surface area contributed by atoms with E-state index in [0.717, 1.165) is 21.4 Å². The Kier molecular flexibility index (Phi) is 4.32. The van der Waals surface area contributed by atoms with Crippen LogP contribution >= 0.6 is 28.1 Å². The first-order valence-corrected chi connectivity index (χ1v) is 8.37. The number of aryl methyl sites for hydroxylation is 2. The minimum atomic E-state index is -0.167. The molecule has 1 aliphatic rings. The van der Waals surface area contributed by atoms with Gasteiger partial charge in [-0.25, -0.2) is 0 Å². The van der Waals surface area contributed by atoms with Gasteiger partial charge < -0.3 is 5.32 Å². The van der Waals surface area contributed by atoms with Gasteiger partial charge in [-0.3, -0.25) is 14.4 Å². The predicted octanol–water partition coefficient (Wildman–Crippen LogP) is 3.24. The third-order valence-electron chi connectivity index (χ3n) is 3.65. The van der Waals surface area contributed by atoms with Crippen LogP contribution in [0.25, 0.3) is 6.08 Å². The van der Waals surface area contributed by atoms with Crippen molar-refractivity contribution in [2.45, 2.75) is 20.4 Å². The number of nitrogens with zero attached hydrogens (tertiary/aromatic N) is 3. The van der Waals surface area contributed by atoms with Gasteiger partial charge in [-0.2, -0.15) is 5.10 Å². The molecule has 0 atom stereocenters. The van der Waals surface area contributed by atoms with Gasteiger partial charge in [0.1, 0.15) is 5.70 Å². The molecule has 23 heavy (non-hydrogen) atoms. The third kappa shape index (κ3) is 2.82. The molecule has 2 aromatic rings. The quantitative estimate of drug-likeness (QED) is 0.645. The van der Waals surface area contributed by atoms with Crippen LogP contribution in [0, 0.1) is 6.92 Å². The summed E-state index contributed by atoms with van der Waals surface area (Å²) < 4.78 is 2.65. The molecule has 1 aliphatic heterocycles. The minimum absolute atomic E-state index is 0.167. The Morgan fingerprint density at radius 3 is 2.83 bits per heavy atom. The maximum absolute atomic E-state index is 12.8. The SMILES string of the molecule is CCn1ncc(Br)c1/C=C1/NC(=S)N(c2ccccc2C)C1=O. The molecule has 0 bridgehead atoms. The molecule has 3 rings (SSSR count). The Bertz CT molecular complexity index is 827. The summed E-state index contributed by atoms with van der Waals surface area (Å²) in [6.07, 6.45) is 3.49. The first-order chi connectivity index (χ1) is 11.0. The van der Waals surface area contributed by atoms with Crippen molar-refractivity contribution in [3.05, 3.63) is 51.9 Å². The summed E-state index contributed by atoms with van der Waals surface area (Å²) in [5.74, 6) is -0.167. The molecule has 0 saturated carbocycles. The van der Waals surface area contributed by atoms with Gasteiger partial charge in [0, 0.05) is 6.54 Å². The van der Waals surface area contributed by atoms with Crippen molar-refractivity contribution in [3.63, 3.8) is 0 Å². The standard InChI is InChI=1S/C16H15BrN4OS/c1-3-20-14(11(17)9-18-20)8-12-15(22)21(16(23)19-12)13-7-5-4-6-10(13)2/h4-9H,3H2,1-2H3,(H,19,23)/b12-8+. The number of para-hydroxylation sites is 1. The Morgan fingerprint density at radius 2 is 2.13 bits per heavy atom. The first-order valence-electron chi connectivity index (χ1n) is 7.17. The Balaban J connectivity index is 2.00. The summed E-state index contributed by atoms with van der Waals surface area (Å²) in [7, 11) is 0. The van der Waals surface area contributed by atoms with E-state index in [1.54, 1.807) is 12.3 Å². The molecule has 1 amide bonds. The van der Waals surface area contributed by atoms with Crippen molar-refractivity contribution >= 4 is 50.9 Å². The van der Waals surface area contributed by atoms with E-state index < -0.39 is 0 Å². The highest BCUT2D eigenvalue weighted by molar-refractivity contribution is 9.10. The van der Waals surface area contributed by atoms with Crippen LogP contribution in [0.5, 0.6) is 0 Å². The molecule has 118 valence electrons. The molecule has 7 heteroatoms. The van der Waals surface area contributed by atoms with Crippen molar-refractivity contribution in [3.8, 4) is 0 Å². The van der Waals surface area contributed by atoms with Crippen molar-refractivity contribution < 1.29 is 4.79 Å². The number of anilines is 1. The summed E-state index contributed by atoms with van der Waals surface area (Å²) in [6.45, 7) is 4.66. The lowest BCUT2D eigenvalue weighted by Crippen LogP contribution is -2.30. The number of carbonyl (C=O) groups is 1. The van der Waals surface area contributed by atoms with Gasteiger partial charge in [-0.1, -0.05) is 18.2 Å².